The highest BCUT2D eigenvalue weighted by Gasteiger charge is 2.32. The van der Waals surface area contributed by atoms with Crippen LogP contribution in [0.2, 0.25) is 0 Å². The number of hydrogen-bond donors (Lipinski definition) is 2. The summed E-state index contributed by atoms with van der Waals surface area (Å²) in [6, 6.07) is 4.19. The van der Waals surface area contributed by atoms with Crippen LogP contribution in [0, 0.1) is 13.8 Å². The van der Waals surface area contributed by atoms with E-state index in [0.29, 0.717) is 11.3 Å². The number of carbonyl (C=O) groups is 3. The van der Waals surface area contributed by atoms with Crippen LogP contribution in [0.15, 0.2) is 23.0 Å². The van der Waals surface area contributed by atoms with E-state index < -0.39 is 23.3 Å². The topological polar surface area (TPSA) is 120 Å². The van der Waals surface area contributed by atoms with Gasteiger partial charge in [-0.15, -0.1) is 0 Å². The smallest absolute Gasteiger partial charge is 0.338 e. The highest BCUT2D eigenvalue weighted by molar-refractivity contribution is 6.23. The zero-order chi connectivity index (χ0) is 18.5. The molecule has 0 aliphatic carbocycles. The van der Waals surface area contributed by atoms with Gasteiger partial charge in [0.05, 0.1) is 29.5 Å². The molecule has 8 heteroatoms. The van der Waals surface area contributed by atoms with Crippen molar-refractivity contribution < 1.29 is 19.1 Å². The van der Waals surface area contributed by atoms with E-state index in [0.717, 1.165) is 16.2 Å². The average Bonchev–Trinajstić information content (AvgIpc) is 2.84. The maximum absolute atomic E-state index is 12.5. The first-order chi connectivity index (χ1) is 11.8. The number of esters is 1. The number of aryl methyl sites for hydroxylation is 1. The first kappa shape index (κ1) is 16.4. The number of amides is 2. The number of ether oxygens (including phenoxy) is 1. The molecule has 1 aromatic carbocycles. The molecule has 0 atom stereocenters. The second-order valence-corrected chi connectivity index (χ2v) is 5.70. The SMILES string of the molecule is COC(=O)c1cc(-n2c(N)c3c(cc2=O)C(=O)NC3=O)cc(C)c1C. The number of nitrogen functional groups attached to an aromatic ring is 1. The number of rotatable bonds is 2. The second kappa shape index (κ2) is 5.59. The summed E-state index contributed by atoms with van der Waals surface area (Å²) in [6.45, 7) is 3.53. The number of anilines is 1. The molecule has 3 N–H and O–H groups in total. The molecule has 8 nitrogen and oxygen atoms in total. The summed E-state index contributed by atoms with van der Waals surface area (Å²) >= 11 is 0. The average molecular weight is 341 g/mol. The molecule has 25 heavy (non-hydrogen) atoms. The van der Waals surface area contributed by atoms with Crippen LogP contribution >= 0.6 is 0 Å². The van der Waals surface area contributed by atoms with Gasteiger partial charge in [-0.05, 0) is 37.1 Å². The van der Waals surface area contributed by atoms with Crippen LogP contribution in [0.1, 0.15) is 42.2 Å². The largest absolute Gasteiger partial charge is 0.465 e. The lowest BCUT2D eigenvalue weighted by Gasteiger charge is -2.15. The molecule has 1 aromatic heterocycles. The van der Waals surface area contributed by atoms with Gasteiger partial charge >= 0.3 is 5.97 Å². The molecule has 0 radical (unpaired) electrons. The Labute approximate surface area is 142 Å². The second-order valence-electron chi connectivity index (χ2n) is 5.70. The Bertz CT molecular complexity index is 1020. The molecule has 1 aliphatic heterocycles. The first-order valence-electron chi connectivity index (χ1n) is 7.37. The summed E-state index contributed by atoms with van der Waals surface area (Å²) in [7, 11) is 1.26. The van der Waals surface area contributed by atoms with Gasteiger partial charge in [0, 0.05) is 6.07 Å². The normalized spacial score (nSPS) is 12.8. The van der Waals surface area contributed by atoms with Crippen molar-refractivity contribution in [3.8, 4) is 5.69 Å². The van der Waals surface area contributed by atoms with E-state index in [9.17, 15) is 19.2 Å². The molecule has 2 heterocycles. The molecule has 0 fully saturated rings. The maximum Gasteiger partial charge on any atom is 0.338 e. The Hall–Kier alpha value is -3.42. The number of methoxy groups -OCH3 is 1. The van der Waals surface area contributed by atoms with Crippen LogP contribution in [0.5, 0.6) is 0 Å². The fourth-order valence-corrected chi connectivity index (χ4v) is 2.84. The maximum atomic E-state index is 12.5. The van der Waals surface area contributed by atoms with Crippen LogP contribution in [-0.2, 0) is 4.74 Å². The van der Waals surface area contributed by atoms with Crippen molar-refractivity contribution in [3.05, 3.63) is 56.4 Å². The summed E-state index contributed by atoms with van der Waals surface area (Å²) in [5, 5.41) is 2.10. The summed E-state index contributed by atoms with van der Waals surface area (Å²) < 4.78 is 5.86. The molecule has 0 bridgehead atoms. The Morgan fingerprint density at radius 2 is 1.80 bits per heavy atom. The van der Waals surface area contributed by atoms with Crippen molar-refractivity contribution in [2.45, 2.75) is 13.8 Å². The Morgan fingerprint density at radius 1 is 1.12 bits per heavy atom. The fraction of sp³-hybridized carbons (Fsp3) is 0.176. The lowest BCUT2D eigenvalue weighted by Crippen LogP contribution is -2.24. The molecular weight excluding hydrogens is 326 g/mol. The number of fused-ring (bicyclic) bond motifs is 1. The summed E-state index contributed by atoms with van der Waals surface area (Å²) in [4.78, 5) is 48.1. The predicted octanol–water partition coefficient (Wildman–Crippen LogP) is 0.707. The van der Waals surface area contributed by atoms with Crippen molar-refractivity contribution in [3.63, 3.8) is 0 Å². The van der Waals surface area contributed by atoms with E-state index in [1.54, 1.807) is 19.9 Å². The molecule has 2 amide bonds. The number of carbonyl (C=O) groups excluding carboxylic acids is 3. The van der Waals surface area contributed by atoms with Crippen LogP contribution in [0.4, 0.5) is 5.82 Å². The molecule has 0 spiro atoms. The van der Waals surface area contributed by atoms with Gasteiger partial charge in [0.2, 0.25) is 0 Å². The minimum atomic E-state index is -0.664. The van der Waals surface area contributed by atoms with Gasteiger partial charge in [0.25, 0.3) is 17.4 Å². The monoisotopic (exact) mass is 341 g/mol. The molecule has 0 unspecified atom stereocenters. The van der Waals surface area contributed by atoms with Crippen LogP contribution in [-0.4, -0.2) is 29.5 Å². The minimum absolute atomic E-state index is 0.0533. The fourth-order valence-electron chi connectivity index (χ4n) is 2.84. The van der Waals surface area contributed by atoms with Crippen molar-refractivity contribution in [2.75, 3.05) is 12.8 Å². The molecule has 3 rings (SSSR count). The third-order valence-corrected chi connectivity index (χ3v) is 4.27. The zero-order valence-corrected chi connectivity index (χ0v) is 13.8. The zero-order valence-electron chi connectivity index (χ0n) is 13.8. The number of nitrogens with two attached hydrogens (primary N) is 1. The third-order valence-electron chi connectivity index (χ3n) is 4.27. The summed E-state index contributed by atoms with van der Waals surface area (Å²) in [6.07, 6.45) is 0. The Morgan fingerprint density at radius 3 is 2.44 bits per heavy atom. The van der Waals surface area contributed by atoms with Crippen LogP contribution < -0.4 is 16.6 Å². The standard InChI is InChI=1S/C17H15N3O5/c1-7-4-9(5-10(8(7)2)17(24)25-3)20-12(21)6-11-13(14(20)18)16(23)19-15(11)22/h4-6H,18H2,1-3H3,(H,19,22,23). The molecule has 0 saturated heterocycles. The van der Waals surface area contributed by atoms with Gasteiger partial charge in [0.15, 0.2) is 0 Å². The predicted molar refractivity (Wildman–Crippen MR) is 89.1 cm³/mol. The van der Waals surface area contributed by atoms with Gasteiger partial charge in [-0.2, -0.15) is 0 Å². The van der Waals surface area contributed by atoms with Crippen molar-refractivity contribution >= 4 is 23.6 Å². The Balaban J connectivity index is 2.32. The molecular formula is C17H15N3O5. The van der Waals surface area contributed by atoms with Gasteiger partial charge in [-0.3, -0.25) is 24.3 Å². The first-order valence-corrected chi connectivity index (χ1v) is 7.37. The quantitative estimate of drug-likeness (QED) is 0.613. The molecule has 2 aromatic rings. The molecule has 128 valence electrons. The van der Waals surface area contributed by atoms with Gasteiger partial charge in [-0.1, -0.05) is 0 Å². The van der Waals surface area contributed by atoms with Crippen molar-refractivity contribution in [1.82, 2.24) is 9.88 Å². The lowest BCUT2D eigenvalue weighted by molar-refractivity contribution is 0.0599. The number of benzene rings is 1. The summed E-state index contributed by atoms with van der Waals surface area (Å²) in [5.74, 6) is -2.04. The van der Waals surface area contributed by atoms with Crippen molar-refractivity contribution in [2.24, 2.45) is 0 Å². The van der Waals surface area contributed by atoms with Gasteiger partial charge in [0.1, 0.15) is 5.82 Å². The number of nitrogens with one attached hydrogen (secondary N) is 1. The van der Waals surface area contributed by atoms with E-state index in [2.05, 4.69) is 5.32 Å². The van der Waals surface area contributed by atoms with Crippen molar-refractivity contribution in [1.29, 1.82) is 0 Å². The van der Waals surface area contributed by atoms with Crippen LogP contribution in [0.3, 0.4) is 0 Å². The number of nitrogens with zero attached hydrogens (tertiary/aromatic N) is 1. The number of hydrogen-bond acceptors (Lipinski definition) is 6. The van der Waals surface area contributed by atoms with E-state index >= 15 is 0 Å². The number of aromatic nitrogens is 1. The minimum Gasteiger partial charge on any atom is -0.465 e. The number of pyridine rings is 1. The third kappa shape index (κ3) is 2.38. The highest BCUT2D eigenvalue weighted by atomic mass is 16.5. The Kier molecular flexibility index (Phi) is 3.67. The number of imide groups is 1. The lowest BCUT2D eigenvalue weighted by atomic mass is 10.0. The van der Waals surface area contributed by atoms with E-state index in [1.807, 2.05) is 0 Å². The van der Waals surface area contributed by atoms with E-state index in [-0.39, 0.29) is 22.5 Å². The van der Waals surface area contributed by atoms with Gasteiger partial charge in [-0.25, -0.2) is 4.79 Å². The van der Waals surface area contributed by atoms with Gasteiger partial charge < -0.3 is 10.5 Å². The van der Waals surface area contributed by atoms with Crippen LogP contribution in [0.25, 0.3) is 5.69 Å². The molecule has 0 saturated carbocycles. The summed E-state index contributed by atoms with van der Waals surface area (Å²) in [5.41, 5.74) is 7.34. The van der Waals surface area contributed by atoms with E-state index in [4.69, 9.17) is 10.5 Å². The molecule has 1 aliphatic rings. The van der Waals surface area contributed by atoms with E-state index in [1.165, 1.54) is 13.2 Å². The highest BCUT2D eigenvalue weighted by Crippen LogP contribution is 2.25.